The normalized spacial score (nSPS) is 16.2. The van der Waals surface area contributed by atoms with Crippen LogP contribution in [0, 0.1) is 0 Å². The molecule has 3 nitrogen and oxygen atoms in total. The van der Waals surface area contributed by atoms with Crippen LogP contribution in [0.1, 0.15) is 22.3 Å². The van der Waals surface area contributed by atoms with Gasteiger partial charge in [0.15, 0.2) is 0 Å². The van der Waals surface area contributed by atoms with Crippen LogP contribution < -0.4 is 5.32 Å². The molecule has 0 unspecified atom stereocenters. The Balaban J connectivity index is 0.00000200. The lowest BCUT2D eigenvalue weighted by Crippen LogP contribution is -2.34. The van der Waals surface area contributed by atoms with Gasteiger partial charge in [-0.3, -0.25) is 4.79 Å². The SMILES string of the molecule is Cl.O=C(c1ccc(C(F)(F)F)cc1)N1CCCNCC1. The highest BCUT2D eigenvalue weighted by atomic mass is 35.5. The Morgan fingerprint density at radius 2 is 1.75 bits per heavy atom. The number of carbonyl (C=O) groups is 1. The van der Waals surface area contributed by atoms with Crippen molar-refractivity contribution in [1.29, 1.82) is 0 Å². The minimum Gasteiger partial charge on any atom is -0.337 e. The van der Waals surface area contributed by atoms with E-state index in [9.17, 15) is 18.0 Å². The number of alkyl halides is 3. The molecular formula is C13H16ClF3N2O. The summed E-state index contributed by atoms with van der Waals surface area (Å²) >= 11 is 0. The van der Waals surface area contributed by atoms with Crippen LogP contribution in [0.5, 0.6) is 0 Å². The molecule has 0 bridgehead atoms. The van der Waals surface area contributed by atoms with Crippen molar-refractivity contribution < 1.29 is 18.0 Å². The van der Waals surface area contributed by atoms with Crippen LogP contribution in [0.3, 0.4) is 0 Å². The summed E-state index contributed by atoms with van der Waals surface area (Å²) in [7, 11) is 0. The summed E-state index contributed by atoms with van der Waals surface area (Å²) in [5.41, 5.74) is -0.434. The van der Waals surface area contributed by atoms with Crippen molar-refractivity contribution in [3.63, 3.8) is 0 Å². The van der Waals surface area contributed by atoms with Crippen molar-refractivity contribution in [2.45, 2.75) is 12.6 Å². The maximum absolute atomic E-state index is 12.4. The number of hydrogen-bond acceptors (Lipinski definition) is 2. The van der Waals surface area contributed by atoms with Crippen molar-refractivity contribution >= 4 is 18.3 Å². The smallest absolute Gasteiger partial charge is 0.337 e. The molecule has 1 aromatic rings. The van der Waals surface area contributed by atoms with Crippen molar-refractivity contribution in [2.75, 3.05) is 26.2 Å². The van der Waals surface area contributed by atoms with Crippen molar-refractivity contribution in [1.82, 2.24) is 10.2 Å². The molecule has 1 aromatic carbocycles. The Morgan fingerprint density at radius 1 is 1.10 bits per heavy atom. The van der Waals surface area contributed by atoms with Gasteiger partial charge in [-0.1, -0.05) is 0 Å². The number of hydrogen-bond donors (Lipinski definition) is 1. The fourth-order valence-corrected chi connectivity index (χ4v) is 2.03. The molecular weight excluding hydrogens is 293 g/mol. The van der Waals surface area contributed by atoms with Gasteiger partial charge < -0.3 is 10.2 Å². The first-order valence-electron chi connectivity index (χ1n) is 6.16. The van der Waals surface area contributed by atoms with Crippen LogP contribution in [-0.2, 0) is 6.18 Å². The number of benzene rings is 1. The highest BCUT2D eigenvalue weighted by molar-refractivity contribution is 5.94. The van der Waals surface area contributed by atoms with E-state index in [1.165, 1.54) is 12.1 Å². The first-order chi connectivity index (χ1) is 8.98. The monoisotopic (exact) mass is 308 g/mol. The minimum absolute atomic E-state index is 0. The third kappa shape index (κ3) is 4.11. The maximum Gasteiger partial charge on any atom is 0.416 e. The second-order valence-corrected chi connectivity index (χ2v) is 4.47. The number of halogens is 4. The zero-order valence-corrected chi connectivity index (χ0v) is 11.6. The molecule has 1 aliphatic rings. The van der Waals surface area contributed by atoms with Gasteiger partial charge in [-0.25, -0.2) is 0 Å². The fourth-order valence-electron chi connectivity index (χ4n) is 2.03. The molecule has 0 atom stereocenters. The largest absolute Gasteiger partial charge is 0.416 e. The van der Waals surface area contributed by atoms with Crippen LogP contribution in [-0.4, -0.2) is 37.0 Å². The summed E-state index contributed by atoms with van der Waals surface area (Å²) in [5.74, 6) is -0.211. The van der Waals surface area contributed by atoms with E-state index in [0.29, 0.717) is 25.2 Å². The molecule has 20 heavy (non-hydrogen) atoms. The fraction of sp³-hybridized carbons (Fsp3) is 0.462. The van der Waals surface area contributed by atoms with Gasteiger partial charge in [0.2, 0.25) is 0 Å². The van der Waals surface area contributed by atoms with Gasteiger partial charge >= 0.3 is 6.18 Å². The molecule has 0 saturated carbocycles. The van der Waals surface area contributed by atoms with Gasteiger partial charge in [0, 0.05) is 25.2 Å². The highest BCUT2D eigenvalue weighted by Crippen LogP contribution is 2.29. The summed E-state index contributed by atoms with van der Waals surface area (Å²) in [6, 6.07) is 4.37. The second-order valence-electron chi connectivity index (χ2n) is 4.47. The zero-order valence-electron chi connectivity index (χ0n) is 10.7. The molecule has 1 aliphatic heterocycles. The van der Waals surface area contributed by atoms with E-state index in [1.807, 2.05) is 0 Å². The van der Waals surface area contributed by atoms with E-state index in [2.05, 4.69) is 5.32 Å². The maximum atomic E-state index is 12.4. The number of nitrogens with zero attached hydrogens (tertiary/aromatic N) is 1. The van der Waals surface area contributed by atoms with Crippen LogP contribution in [0.4, 0.5) is 13.2 Å². The predicted octanol–water partition coefficient (Wildman–Crippen LogP) is 2.56. The third-order valence-electron chi connectivity index (χ3n) is 3.09. The summed E-state index contributed by atoms with van der Waals surface area (Å²) in [4.78, 5) is 13.8. The summed E-state index contributed by atoms with van der Waals surface area (Å²) in [5, 5.41) is 3.17. The lowest BCUT2D eigenvalue weighted by atomic mass is 10.1. The van der Waals surface area contributed by atoms with Gasteiger partial charge in [-0.15, -0.1) is 12.4 Å². The minimum atomic E-state index is -4.37. The Morgan fingerprint density at radius 3 is 2.35 bits per heavy atom. The Kier molecular flexibility index (Phi) is 5.83. The summed E-state index contributed by atoms with van der Waals surface area (Å²) < 4.78 is 37.3. The van der Waals surface area contributed by atoms with Crippen molar-refractivity contribution in [3.05, 3.63) is 35.4 Å². The molecule has 112 valence electrons. The molecule has 1 N–H and O–H groups in total. The molecule has 1 fully saturated rings. The lowest BCUT2D eigenvalue weighted by molar-refractivity contribution is -0.137. The van der Waals surface area contributed by atoms with Gasteiger partial charge in [0.25, 0.3) is 5.91 Å². The van der Waals surface area contributed by atoms with E-state index < -0.39 is 11.7 Å². The first-order valence-corrected chi connectivity index (χ1v) is 6.16. The van der Waals surface area contributed by atoms with E-state index in [1.54, 1.807) is 4.90 Å². The van der Waals surface area contributed by atoms with Crippen molar-refractivity contribution in [2.24, 2.45) is 0 Å². The van der Waals surface area contributed by atoms with Gasteiger partial charge in [0.05, 0.1) is 5.56 Å². The topological polar surface area (TPSA) is 32.3 Å². The summed E-state index contributed by atoms with van der Waals surface area (Å²) in [6.45, 7) is 2.79. The molecule has 1 heterocycles. The van der Waals surface area contributed by atoms with Gasteiger partial charge in [-0.05, 0) is 37.2 Å². The molecule has 0 aromatic heterocycles. The van der Waals surface area contributed by atoms with Crippen LogP contribution >= 0.6 is 12.4 Å². The van der Waals surface area contributed by atoms with Crippen molar-refractivity contribution in [3.8, 4) is 0 Å². The van der Waals surface area contributed by atoms with Crippen LogP contribution in [0.25, 0.3) is 0 Å². The molecule has 1 amide bonds. The molecule has 1 saturated heterocycles. The number of amides is 1. The molecule has 0 spiro atoms. The summed E-state index contributed by atoms with van der Waals surface area (Å²) in [6.07, 6.45) is -3.51. The number of nitrogens with one attached hydrogen (secondary N) is 1. The van der Waals surface area contributed by atoms with E-state index >= 15 is 0 Å². The van der Waals surface area contributed by atoms with E-state index in [-0.39, 0.29) is 18.3 Å². The van der Waals surface area contributed by atoms with Crippen LogP contribution in [0.2, 0.25) is 0 Å². The Bertz CT molecular complexity index is 440. The predicted molar refractivity (Wildman–Crippen MR) is 72.1 cm³/mol. The molecule has 2 rings (SSSR count). The average Bonchev–Trinajstić information content (AvgIpc) is 2.66. The lowest BCUT2D eigenvalue weighted by Gasteiger charge is -2.20. The van der Waals surface area contributed by atoms with Crippen LogP contribution in [0.15, 0.2) is 24.3 Å². The zero-order chi connectivity index (χ0) is 13.9. The van der Waals surface area contributed by atoms with E-state index in [0.717, 1.165) is 25.1 Å². The molecule has 0 aliphatic carbocycles. The molecule has 0 radical (unpaired) electrons. The quantitative estimate of drug-likeness (QED) is 0.865. The number of carbonyl (C=O) groups excluding carboxylic acids is 1. The van der Waals surface area contributed by atoms with Gasteiger partial charge in [-0.2, -0.15) is 13.2 Å². The number of rotatable bonds is 1. The standard InChI is InChI=1S/C13H15F3N2O.ClH/c14-13(15,16)11-4-2-10(3-5-11)12(19)18-8-1-6-17-7-9-18;/h2-5,17H,1,6-9H2;1H. The van der Waals surface area contributed by atoms with Gasteiger partial charge in [0.1, 0.15) is 0 Å². The Labute approximate surface area is 121 Å². The Hall–Kier alpha value is -1.27. The average molecular weight is 309 g/mol. The first kappa shape index (κ1) is 16.8. The second kappa shape index (κ2) is 6.95. The highest BCUT2D eigenvalue weighted by Gasteiger charge is 2.30. The third-order valence-corrected chi connectivity index (χ3v) is 3.09. The molecule has 7 heteroatoms. The van der Waals surface area contributed by atoms with E-state index in [4.69, 9.17) is 0 Å².